The standard InChI is InChI=1S/C24H20FN3O4S/c1-13-4-6-15-19(9-13)33-23(21(15)22(30)18-3-2-8-32-18)27-20(29)11-28-12-26-17-7-5-14(25)10-16(17)24(28)31/h2-3,5,7-8,10,12-13H,4,6,9,11H2,1H3,(H,27,29). The average Bonchev–Trinajstić information content (AvgIpc) is 3.43. The molecule has 0 aliphatic heterocycles. The summed E-state index contributed by atoms with van der Waals surface area (Å²) in [5.41, 5.74) is 1.25. The molecular weight excluding hydrogens is 445 g/mol. The monoisotopic (exact) mass is 465 g/mol. The summed E-state index contributed by atoms with van der Waals surface area (Å²) in [7, 11) is 0. The molecule has 1 aromatic carbocycles. The van der Waals surface area contributed by atoms with Crippen molar-refractivity contribution in [3.05, 3.63) is 80.9 Å². The van der Waals surface area contributed by atoms with E-state index in [1.807, 2.05) is 0 Å². The summed E-state index contributed by atoms with van der Waals surface area (Å²) in [6, 6.07) is 6.99. The number of anilines is 1. The first-order valence-electron chi connectivity index (χ1n) is 10.6. The van der Waals surface area contributed by atoms with Gasteiger partial charge in [-0.05, 0) is 61.1 Å². The summed E-state index contributed by atoms with van der Waals surface area (Å²) in [5, 5.41) is 3.37. The van der Waals surface area contributed by atoms with Crippen LogP contribution in [0, 0.1) is 11.7 Å². The lowest BCUT2D eigenvalue weighted by atomic mass is 9.87. The minimum absolute atomic E-state index is 0.0968. The summed E-state index contributed by atoms with van der Waals surface area (Å²) in [6.07, 6.45) is 5.26. The normalized spacial score (nSPS) is 15.4. The van der Waals surface area contributed by atoms with E-state index in [1.165, 1.54) is 36.1 Å². The molecule has 0 saturated heterocycles. The van der Waals surface area contributed by atoms with Gasteiger partial charge in [-0.15, -0.1) is 11.3 Å². The first-order valence-corrected chi connectivity index (χ1v) is 11.4. The van der Waals surface area contributed by atoms with Crippen LogP contribution in [0.2, 0.25) is 0 Å². The Morgan fingerprint density at radius 2 is 2.18 bits per heavy atom. The van der Waals surface area contributed by atoms with E-state index in [-0.39, 0.29) is 23.5 Å². The van der Waals surface area contributed by atoms with Crippen molar-refractivity contribution in [1.29, 1.82) is 0 Å². The van der Waals surface area contributed by atoms with Gasteiger partial charge in [-0.1, -0.05) is 6.92 Å². The molecule has 1 unspecified atom stereocenters. The predicted octanol–water partition coefficient (Wildman–Crippen LogP) is 4.18. The predicted molar refractivity (Wildman–Crippen MR) is 122 cm³/mol. The SMILES string of the molecule is CC1CCc2c(sc(NC(=O)Cn3cnc4ccc(F)cc4c3=O)c2C(=O)c2ccco2)C1. The number of thiophene rings is 1. The Hall–Kier alpha value is -3.59. The summed E-state index contributed by atoms with van der Waals surface area (Å²) >= 11 is 1.39. The van der Waals surface area contributed by atoms with Gasteiger partial charge >= 0.3 is 0 Å². The number of amides is 1. The highest BCUT2D eigenvalue weighted by molar-refractivity contribution is 7.17. The van der Waals surface area contributed by atoms with E-state index in [4.69, 9.17) is 4.42 Å². The zero-order valence-corrected chi connectivity index (χ0v) is 18.6. The summed E-state index contributed by atoms with van der Waals surface area (Å²) in [4.78, 5) is 44.0. The van der Waals surface area contributed by atoms with Crippen molar-refractivity contribution >= 4 is 38.9 Å². The van der Waals surface area contributed by atoms with E-state index in [0.717, 1.165) is 40.3 Å². The van der Waals surface area contributed by atoms with Gasteiger partial charge in [-0.3, -0.25) is 19.0 Å². The van der Waals surface area contributed by atoms with Crippen molar-refractivity contribution < 1.29 is 18.4 Å². The number of ketones is 1. The highest BCUT2D eigenvalue weighted by Crippen LogP contribution is 2.40. The van der Waals surface area contributed by atoms with Crippen molar-refractivity contribution in [2.45, 2.75) is 32.7 Å². The Morgan fingerprint density at radius 3 is 2.97 bits per heavy atom. The van der Waals surface area contributed by atoms with E-state index in [9.17, 15) is 18.8 Å². The van der Waals surface area contributed by atoms with Gasteiger partial charge in [0.05, 0.1) is 29.1 Å². The van der Waals surface area contributed by atoms with Gasteiger partial charge in [0, 0.05) is 4.88 Å². The van der Waals surface area contributed by atoms with Gasteiger partial charge in [0.1, 0.15) is 17.4 Å². The smallest absolute Gasteiger partial charge is 0.261 e. The maximum atomic E-state index is 13.6. The third kappa shape index (κ3) is 4.00. The van der Waals surface area contributed by atoms with Crippen LogP contribution in [0.4, 0.5) is 9.39 Å². The van der Waals surface area contributed by atoms with Crippen LogP contribution in [0.1, 0.15) is 39.9 Å². The number of halogens is 1. The second-order valence-electron chi connectivity index (χ2n) is 8.25. The van der Waals surface area contributed by atoms with E-state index >= 15 is 0 Å². The Morgan fingerprint density at radius 1 is 1.33 bits per heavy atom. The molecule has 9 heteroatoms. The molecule has 33 heavy (non-hydrogen) atoms. The quantitative estimate of drug-likeness (QED) is 0.446. The lowest BCUT2D eigenvalue weighted by molar-refractivity contribution is -0.116. The number of carbonyl (C=O) groups is 2. The zero-order chi connectivity index (χ0) is 23.1. The molecule has 1 amide bonds. The maximum Gasteiger partial charge on any atom is 0.261 e. The summed E-state index contributed by atoms with van der Waals surface area (Å²) in [5.74, 6) is -0.601. The fourth-order valence-electron chi connectivity index (χ4n) is 4.17. The van der Waals surface area contributed by atoms with E-state index in [1.54, 1.807) is 12.1 Å². The minimum atomic E-state index is -0.553. The number of hydrogen-bond acceptors (Lipinski definition) is 6. The Labute approximate surface area is 191 Å². The number of benzene rings is 1. The summed E-state index contributed by atoms with van der Waals surface area (Å²) < 4.78 is 20.0. The number of hydrogen-bond donors (Lipinski definition) is 1. The Kier molecular flexibility index (Phi) is 5.41. The second kappa shape index (κ2) is 8.40. The van der Waals surface area contributed by atoms with E-state index in [0.29, 0.717) is 22.0 Å². The fraction of sp³-hybridized carbons (Fsp3) is 0.250. The number of nitrogens with one attached hydrogen (secondary N) is 1. The van der Waals surface area contributed by atoms with Gasteiger partial charge in [-0.25, -0.2) is 9.37 Å². The molecule has 3 aromatic heterocycles. The van der Waals surface area contributed by atoms with Crippen LogP contribution < -0.4 is 10.9 Å². The van der Waals surface area contributed by atoms with Crippen LogP contribution in [-0.4, -0.2) is 21.2 Å². The number of rotatable bonds is 5. The molecule has 1 aliphatic rings. The third-order valence-electron chi connectivity index (χ3n) is 5.84. The minimum Gasteiger partial charge on any atom is -0.461 e. The van der Waals surface area contributed by atoms with Crippen LogP contribution >= 0.6 is 11.3 Å². The van der Waals surface area contributed by atoms with E-state index in [2.05, 4.69) is 17.2 Å². The van der Waals surface area contributed by atoms with Crippen molar-refractivity contribution in [3.8, 4) is 0 Å². The maximum absolute atomic E-state index is 13.6. The van der Waals surface area contributed by atoms with Crippen LogP contribution in [-0.2, 0) is 24.2 Å². The molecule has 1 N–H and O–H groups in total. The van der Waals surface area contributed by atoms with Gasteiger partial charge in [0.25, 0.3) is 5.56 Å². The summed E-state index contributed by atoms with van der Waals surface area (Å²) in [6.45, 7) is 1.85. The number of fused-ring (bicyclic) bond motifs is 2. The van der Waals surface area contributed by atoms with Crippen molar-refractivity contribution in [3.63, 3.8) is 0 Å². The van der Waals surface area contributed by atoms with E-state index < -0.39 is 17.3 Å². The molecule has 0 bridgehead atoms. The van der Waals surface area contributed by atoms with Gasteiger partial charge < -0.3 is 9.73 Å². The fourth-order valence-corrected chi connectivity index (χ4v) is 5.60. The van der Waals surface area contributed by atoms with Gasteiger partial charge in [0.15, 0.2) is 5.76 Å². The topological polar surface area (TPSA) is 94.2 Å². The third-order valence-corrected chi connectivity index (χ3v) is 7.01. The molecule has 4 aromatic rings. The van der Waals surface area contributed by atoms with Gasteiger partial charge in [-0.2, -0.15) is 0 Å². The molecule has 7 nitrogen and oxygen atoms in total. The number of nitrogens with zero attached hydrogens (tertiary/aromatic N) is 2. The molecule has 1 atom stereocenters. The van der Waals surface area contributed by atoms with Crippen molar-refractivity contribution in [1.82, 2.24) is 9.55 Å². The van der Waals surface area contributed by atoms with Crippen molar-refractivity contribution in [2.75, 3.05) is 5.32 Å². The average molecular weight is 466 g/mol. The van der Waals surface area contributed by atoms with Crippen molar-refractivity contribution in [2.24, 2.45) is 5.92 Å². The van der Waals surface area contributed by atoms with Crippen LogP contribution in [0.5, 0.6) is 0 Å². The number of carbonyl (C=O) groups excluding carboxylic acids is 2. The van der Waals surface area contributed by atoms with Gasteiger partial charge in [0.2, 0.25) is 11.7 Å². The highest BCUT2D eigenvalue weighted by Gasteiger charge is 2.30. The highest BCUT2D eigenvalue weighted by atomic mass is 32.1. The number of furan rings is 1. The molecule has 0 spiro atoms. The van der Waals surface area contributed by atoms with Crippen LogP contribution in [0.25, 0.3) is 10.9 Å². The number of aromatic nitrogens is 2. The molecule has 5 rings (SSSR count). The molecule has 168 valence electrons. The lowest BCUT2D eigenvalue weighted by Crippen LogP contribution is -2.28. The largest absolute Gasteiger partial charge is 0.461 e. The molecule has 1 aliphatic carbocycles. The first-order chi connectivity index (χ1) is 15.9. The molecule has 0 radical (unpaired) electrons. The zero-order valence-electron chi connectivity index (χ0n) is 17.8. The molecular formula is C24H20FN3O4S. The molecule has 0 fully saturated rings. The Balaban J connectivity index is 1.46. The second-order valence-corrected chi connectivity index (χ2v) is 9.35. The lowest BCUT2D eigenvalue weighted by Gasteiger charge is -2.18. The molecule has 0 saturated carbocycles. The van der Waals surface area contributed by atoms with Crippen LogP contribution in [0.3, 0.4) is 0 Å². The van der Waals surface area contributed by atoms with Crippen LogP contribution in [0.15, 0.2) is 52.1 Å². The Bertz CT molecular complexity index is 1440. The molecule has 3 heterocycles. The first kappa shape index (κ1) is 21.3.